The molecule has 0 amide bonds. The van der Waals surface area contributed by atoms with Crippen molar-refractivity contribution in [2.45, 2.75) is 218 Å². The zero-order chi connectivity index (χ0) is 51.6. The lowest BCUT2D eigenvalue weighted by Gasteiger charge is -2.28. The predicted octanol–water partition coefficient (Wildman–Crippen LogP) is 16.0. The Labute approximate surface area is 438 Å². The minimum absolute atomic E-state index is 0.00977. The lowest BCUT2D eigenvalue weighted by molar-refractivity contribution is -0.138. The van der Waals surface area contributed by atoms with Crippen molar-refractivity contribution in [1.29, 1.82) is 0 Å². The Balaban J connectivity index is 0.000000211. The largest absolute Gasteiger partial charge is 0.481 e. The molecule has 4 aliphatic rings. The molecule has 2 unspecified atom stereocenters. The Hall–Kier alpha value is -4.28. The highest BCUT2D eigenvalue weighted by Gasteiger charge is 2.41. The molecule has 72 heavy (non-hydrogen) atoms. The Morgan fingerprint density at radius 1 is 0.556 bits per heavy atom. The molecule has 4 fully saturated rings. The molecule has 2 aromatic heterocycles. The number of hydrogen-bond donors (Lipinski definition) is 2. The summed E-state index contributed by atoms with van der Waals surface area (Å²) >= 11 is 12.7. The van der Waals surface area contributed by atoms with E-state index in [1.54, 1.807) is 0 Å². The fraction of sp³-hybridized carbons (Fsp3) is 0.633. The van der Waals surface area contributed by atoms with E-state index in [-0.39, 0.29) is 61.9 Å². The topological polar surface area (TPSA) is 161 Å². The second kappa shape index (κ2) is 25.8. The highest BCUT2D eigenvalue weighted by molar-refractivity contribution is 6.32. The van der Waals surface area contributed by atoms with Crippen LogP contribution in [0.5, 0.6) is 0 Å². The Morgan fingerprint density at radius 3 is 1.21 bits per heavy atom. The third-order valence-corrected chi connectivity index (χ3v) is 16.6. The number of aliphatic carboxylic acids is 2. The van der Waals surface area contributed by atoms with Crippen LogP contribution in [0.1, 0.15) is 248 Å². The molecule has 8 rings (SSSR count). The lowest BCUT2D eigenvalue weighted by Crippen LogP contribution is -2.16. The van der Waals surface area contributed by atoms with Crippen molar-refractivity contribution in [1.82, 2.24) is 10.3 Å². The summed E-state index contributed by atoms with van der Waals surface area (Å²) in [6, 6.07) is 11.5. The van der Waals surface area contributed by atoms with E-state index in [0.717, 1.165) is 120 Å². The SMILES string of the molecule is Cc1ccc(CC(=O)CC(CCC(=O)O)c2noc(C3CCC(CC(C)C)CC3)c2C2CC2)c(Cl)c1.Cc1ccc(CC(=O)CC(CCC(=O)O)c2noc(C3CCC(CC(C)C)CC3)c2C2CC2)c(Cl)c1. The summed E-state index contributed by atoms with van der Waals surface area (Å²) in [7, 11) is 0. The number of rotatable bonds is 24. The first kappa shape index (κ1) is 55.5. The van der Waals surface area contributed by atoms with Crippen LogP contribution in [0.2, 0.25) is 10.0 Å². The zero-order valence-electron chi connectivity index (χ0n) is 43.8. The second-order valence-electron chi connectivity index (χ2n) is 23.2. The summed E-state index contributed by atoms with van der Waals surface area (Å²) < 4.78 is 12.1. The molecule has 4 saturated carbocycles. The van der Waals surface area contributed by atoms with Crippen LogP contribution in [0.15, 0.2) is 45.4 Å². The van der Waals surface area contributed by atoms with Gasteiger partial charge >= 0.3 is 11.9 Å². The van der Waals surface area contributed by atoms with Crippen molar-refractivity contribution >= 4 is 46.7 Å². The van der Waals surface area contributed by atoms with Gasteiger partial charge in [-0.2, -0.15) is 0 Å². The minimum Gasteiger partial charge on any atom is -0.481 e. The van der Waals surface area contributed by atoms with Crippen LogP contribution in [-0.4, -0.2) is 44.0 Å². The van der Waals surface area contributed by atoms with Gasteiger partial charge in [-0.05, 0) is 186 Å². The van der Waals surface area contributed by atoms with Gasteiger partial charge in [-0.1, -0.05) is 85.5 Å². The summed E-state index contributed by atoms with van der Waals surface area (Å²) in [6.07, 6.45) is 18.2. The van der Waals surface area contributed by atoms with E-state index in [1.807, 2.05) is 50.2 Å². The van der Waals surface area contributed by atoms with Gasteiger partial charge in [0.1, 0.15) is 23.1 Å². The third-order valence-electron chi connectivity index (χ3n) is 15.9. The molecule has 0 aliphatic heterocycles. The van der Waals surface area contributed by atoms with Gasteiger partial charge in [0.05, 0.1) is 11.4 Å². The molecule has 2 N–H and O–H groups in total. The fourth-order valence-corrected chi connectivity index (χ4v) is 12.6. The number of carbonyl (C=O) groups excluding carboxylic acids is 2. The normalized spacial score (nSPS) is 21.0. The maximum Gasteiger partial charge on any atom is 0.303 e. The average Bonchev–Trinajstić information content (AvgIpc) is 4.26. The van der Waals surface area contributed by atoms with Gasteiger partial charge < -0.3 is 19.3 Å². The van der Waals surface area contributed by atoms with Gasteiger partial charge in [-0.25, -0.2) is 0 Å². The number of nitrogens with zero attached hydrogens (tertiary/aromatic N) is 2. The van der Waals surface area contributed by atoms with Gasteiger partial charge in [-0.3, -0.25) is 19.2 Å². The molecule has 0 spiro atoms. The highest BCUT2D eigenvalue weighted by atomic mass is 35.5. The smallest absolute Gasteiger partial charge is 0.303 e. The van der Waals surface area contributed by atoms with Crippen LogP contribution >= 0.6 is 23.2 Å². The molecule has 4 aromatic rings. The molecule has 2 aromatic carbocycles. The summed E-state index contributed by atoms with van der Waals surface area (Å²) in [5.74, 6) is 4.62. The molecule has 4 aliphatic carbocycles. The zero-order valence-corrected chi connectivity index (χ0v) is 45.3. The Morgan fingerprint density at radius 2 is 0.903 bits per heavy atom. The summed E-state index contributed by atoms with van der Waals surface area (Å²) in [5.41, 5.74) is 7.79. The van der Waals surface area contributed by atoms with E-state index in [2.05, 4.69) is 38.0 Å². The first-order valence-corrected chi connectivity index (χ1v) is 28.1. The summed E-state index contributed by atoms with van der Waals surface area (Å²) in [5, 5.41) is 29.0. The highest BCUT2D eigenvalue weighted by Crippen LogP contribution is 2.52. The number of ketones is 2. The Kier molecular flexibility index (Phi) is 19.9. The van der Waals surface area contributed by atoms with Crippen molar-refractivity contribution in [2.75, 3.05) is 0 Å². The van der Waals surface area contributed by atoms with Gasteiger partial charge in [0, 0.05) is 83.4 Å². The molecule has 12 heteroatoms. The molecule has 392 valence electrons. The standard InChI is InChI=1S/2C30H40ClNO4/c2*1-18(2)14-20-5-8-22(9-6-20)30-28(21-10-11-21)29(32-36-30)24(12-13-27(34)35)17-25(33)16-23-7-4-19(3)15-26(23)31/h2*4,7,15,18,20-22,24H,5-6,8-14,16-17H2,1-3H3,(H,34,35). The molecule has 10 nitrogen and oxygen atoms in total. The first-order chi connectivity index (χ1) is 34.4. The molecule has 0 bridgehead atoms. The summed E-state index contributed by atoms with van der Waals surface area (Å²) in [6.45, 7) is 13.1. The number of benzene rings is 2. The monoisotopic (exact) mass is 1030 g/mol. The second-order valence-corrected chi connectivity index (χ2v) is 24.0. The van der Waals surface area contributed by atoms with E-state index >= 15 is 0 Å². The number of aromatic nitrogens is 2. The fourth-order valence-electron chi connectivity index (χ4n) is 12.0. The first-order valence-electron chi connectivity index (χ1n) is 27.4. The minimum atomic E-state index is -0.853. The quantitative estimate of drug-likeness (QED) is 0.0691. The molecule has 0 saturated heterocycles. The number of carbonyl (C=O) groups is 4. The Bertz CT molecular complexity index is 2300. The number of Topliss-reactive ketones (excluding diaryl/α,β-unsaturated/α-hetero) is 2. The molecular formula is C60H80Cl2N2O8. The van der Waals surface area contributed by atoms with Crippen LogP contribution in [0.3, 0.4) is 0 Å². The molecule has 0 radical (unpaired) electrons. The summed E-state index contributed by atoms with van der Waals surface area (Å²) in [4.78, 5) is 49.2. The van der Waals surface area contributed by atoms with Crippen LogP contribution in [0.4, 0.5) is 0 Å². The van der Waals surface area contributed by atoms with E-state index in [4.69, 9.17) is 32.2 Å². The van der Waals surface area contributed by atoms with Gasteiger partial charge in [0.25, 0.3) is 0 Å². The number of aryl methyl sites for hydroxylation is 2. The number of carboxylic acid groups (broad SMARTS) is 2. The van der Waals surface area contributed by atoms with Crippen LogP contribution in [-0.2, 0) is 32.0 Å². The van der Waals surface area contributed by atoms with Crippen LogP contribution in [0.25, 0.3) is 0 Å². The predicted molar refractivity (Wildman–Crippen MR) is 284 cm³/mol. The maximum absolute atomic E-state index is 13.1. The van der Waals surface area contributed by atoms with E-state index in [0.29, 0.717) is 46.6 Å². The van der Waals surface area contributed by atoms with E-state index in [9.17, 15) is 29.4 Å². The van der Waals surface area contributed by atoms with E-state index in [1.165, 1.54) is 49.7 Å². The van der Waals surface area contributed by atoms with Crippen LogP contribution in [0, 0.1) is 37.5 Å². The number of halogens is 2. The van der Waals surface area contributed by atoms with Gasteiger partial charge in [0.15, 0.2) is 0 Å². The van der Waals surface area contributed by atoms with Crippen molar-refractivity contribution in [3.05, 3.63) is 103 Å². The molecule has 2 atom stereocenters. The van der Waals surface area contributed by atoms with Crippen molar-refractivity contribution < 1.29 is 38.4 Å². The average molecular weight is 1030 g/mol. The number of carboxylic acids is 2. The van der Waals surface area contributed by atoms with Crippen molar-refractivity contribution in [2.24, 2.45) is 23.7 Å². The van der Waals surface area contributed by atoms with Crippen LogP contribution < -0.4 is 0 Å². The van der Waals surface area contributed by atoms with Crippen molar-refractivity contribution in [3.63, 3.8) is 0 Å². The lowest BCUT2D eigenvalue weighted by atomic mass is 9.76. The maximum atomic E-state index is 13.1. The van der Waals surface area contributed by atoms with Gasteiger partial charge in [0.2, 0.25) is 0 Å². The third kappa shape index (κ3) is 15.9. The van der Waals surface area contributed by atoms with E-state index < -0.39 is 11.9 Å². The van der Waals surface area contributed by atoms with Crippen molar-refractivity contribution in [3.8, 4) is 0 Å². The molecule has 2 heterocycles. The molecular weight excluding hydrogens is 948 g/mol. The van der Waals surface area contributed by atoms with Gasteiger partial charge in [-0.15, -0.1) is 0 Å². The number of hydrogen-bond acceptors (Lipinski definition) is 8.